The zero-order valence-corrected chi connectivity index (χ0v) is 12.2. The zero-order chi connectivity index (χ0) is 15.1. The van der Waals surface area contributed by atoms with Crippen LogP contribution in [0.15, 0.2) is 47.2 Å². The van der Waals surface area contributed by atoms with Crippen LogP contribution >= 0.6 is 11.3 Å². The number of hydrogen-bond donors (Lipinski definition) is 2. The van der Waals surface area contributed by atoms with E-state index in [2.05, 4.69) is 5.32 Å². The molecule has 0 atom stereocenters. The van der Waals surface area contributed by atoms with Crippen molar-refractivity contribution in [2.45, 2.75) is 6.42 Å². The van der Waals surface area contributed by atoms with Crippen molar-refractivity contribution in [2.24, 2.45) is 0 Å². The third-order valence-corrected chi connectivity index (χ3v) is 3.61. The van der Waals surface area contributed by atoms with Gasteiger partial charge in [-0.3, -0.25) is 9.69 Å². The Morgan fingerprint density at radius 1 is 1.19 bits per heavy atom. The number of hydrogen-bond acceptors (Lipinski definition) is 3. The average Bonchev–Trinajstić information content (AvgIpc) is 2.98. The molecule has 0 radical (unpaired) electrons. The van der Waals surface area contributed by atoms with Crippen molar-refractivity contribution in [3.8, 4) is 0 Å². The van der Waals surface area contributed by atoms with Crippen molar-refractivity contribution in [3.05, 3.63) is 52.7 Å². The second kappa shape index (κ2) is 7.44. The number of nitrogens with zero attached hydrogens (tertiary/aromatic N) is 1. The molecule has 5 nitrogen and oxygen atoms in total. The number of rotatable bonds is 6. The van der Waals surface area contributed by atoms with Crippen LogP contribution in [-0.2, 0) is 11.2 Å². The van der Waals surface area contributed by atoms with E-state index in [-0.39, 0.29) is 6.54 Å². The maximum atomic E-state index is 12.2. The van der Waals surface area contributed by atoms with Gasteiger partial charge in [-0.05, 0) is 40.9 Å². The van der Waals surface area contributed by atoms with Crippen LogP contribution in [0.2, 0.25) is 0 Å². The van der Waals surface area contributed by atoms with Gasteiger partial charge in [-0.25, -0.2) is 4.79 Å². The summed E-state index contributed by atoms with van der Waals surface area (Å²) in [7, 11) is 0. The Morgan fingerprint density at radius 2 is 1.95 bits per heavy atom. The molecule has 110 valence electrons. The van der Waals surface area contributed by atoms with Crippen molar-refractivity contribution >= 4 is 29.0 Å². The minimum absolute atomic E-state index is 0.367. The maximum absolute atomic E-state index is 12.2. The van der Waals surface area contributed by atoms with Crippen LogP contribution in [0.5, 0.6) is 0 Å². The fraction of sp³-hybridized carbons (Fsp3) is 0.200. The van der Waals surface area contributed by atoms with Crippen LogP contribution in [-0.4, -0.2) is 30.2 Å². The molecule has 1 aromatic carbocycles. The van der Waals surface area contributed by atoms with Gasteiger partial charge >= 0.3 is 12.0 Å². The van der Waals surface area contributed by atoms with E-state index < -0.39 is 12.0 Å². The number of benzene rings is 1. The van der Waals surface area contributed by atoms with E-state index in [4.69, 9.17) is 5.11 Å². The molecule has 1 heterocycles. The number of thiophene rings is 1. The predicted molar refractivity (Wildman–Crippen MR) is 82.8 cm³/mol. The molecule has 0 spiro atoms. The van der Waals surface area contributed by atoms with Gasteiger partial charge in [0.15, 0.2) is 0 Å². The van der Waals surface area contributed by atoms with Gasteiger partial charge in [-0.15, -0.1) is 0 Å². The summed E-state index contributed by atoms with van der Waals surface area (Å²) in [4.78, 5) is 24.3. The molecule has 0 bridgehead atoms. The van der Waals surface area contributed by atoms with Crippen molar-refractivity contribution in [2.75, 3.05) is 18.0 Å². The fourth-order valence-electron chi connectivity index (χ4n) is 1.87. The van der Waals surface area contributed by atoms with Gasteiger partial charge in [0.05, 0.1) is 0 Å². The molecule has 2 rings (SSSR count). The monoisotopic (exact) mass is 304 g/mol. The average molecular weight is 304 g/mol. The molecular weight excluding hydrogens is 288 g/mol. The molecule has 21 heavy (non-hydrogen) atoms. The van der Waals surface area contributed by atoms with E-state index in [1.807, 2.05) is 22.9 Å². The molecule has 0 aliphatic carbocycles. The second-order valence-corrected chi connectivity index (χ2v) is 5.21. The lowest BCUT2D eigenvalue weighted by Gasteiger charge is -2.21. The minimum atomic E-state index is -1.05. The van der Waals surface area contributed by atoms with Gasteiger partial charge in [-0.2, -0.15) is 11.3 Å². The van der Waals surface area contributed by atoms with E-state index in [1.165, 1.54) is 4.90 Å². The Kier molecular flexibility index (Phi) is 5.34. The third kappa shape index (κ3) is 4.61. The van der Waals surface area contributed by atoms with Crippen LogP contribution in [0, 0.1) is 0 Å². The van der Waals surface area contributed by atoms with E-state index in [0.29, 0.717) is 12.2 Å². The summed E-state index contributed by atoms with van der Waals surface area (Å²) in [6.07, 6.45) is 0.727. The van der Waals surface area contributed by atoms with Crippen molar-refractivity contribution in [3.63, 3.8) is 0 Å². The molecule has 0 aliphatic rings. The van der Waals surface area contributed by atoms with Crippen LogP contribution in [0.3, 0.4) is 0 Å². The maximum Gasteiger partial charge on any atom is 0.323 e. The van der Waals surface area contributed by atoms with Crippen molar-refractivity contribution < 1.29 is 14.7 Å². The van der Waals surface area contributed by atoms with Gasteiger partial charge in [-0.1, -0.05) is 18.2 Å². The Morgan fingerprint density at radius 3 is 2.57 bits per heavy atom. The van der Waals surface area contributed by atoms with Crippen LogP contribution in [0.25, 0.3) is 0 Å². The molecule has 0 fully saturated rings. The molecule has 0 aliphatic heterocycles. The summed E-state index contributed by atoms with van der Waals surface area (Å²) in [6, 6.07) is 10.4. The Labute approximate surface area is 126 Å². The Hall–Kier alpha value is -2.34. The summed E-state index contributed by atoms with van der Waals surface area (Å²) in [5.74, 6) is -1.05. The standard InChI is InChI=1S/C15H16N2O3S/c18-14(19)10-17(13-4-2-1-3-5-13)15(20)16-8-6-12-7-9-21-11-12/h1-5,7,9,11H,6,8,10H2,(H,16,20)(H,18,19). The number of amides is 2. The number of carboxylic acids is 1. The normalized spacial score (nSPS) is 10.1. The van der Waals surface area contributed by atoms with E-state index in [1.54, 1.807) is 35.6 Å². The van der Waals surface area contributed by atoms with E-state index in [0.717, 1.165) is 12.0 Å². The van der Waals surface area contributed by atoms with Gasteiger partial charge < -0.3 is 10.4 Å². The number of para-hydroxylation sites is 1. The molecular formula is C15H16N2O3S. The first-order valence-corrected chi connectivity index (χ1v) is 7.44. The molecule has 1 aromatic heterocycles. The highest BCUT2D eigenvalue weighted by atomic mass is 32.1. The smallest absolute Gasteiger partial charge is 0.323 e. The first-order chi connectivity index (χ1) is 10.2. The molecule has 0 saturated heterocycles. The topological polar surface area (TPSA) is 69.6 Å². The summed E-state index contributed by atoms with van der Waals surface area (Å²) >= 11 is 1.61. The third-order valence-electron chi connectivity index (χ3n) is 2.88. The number of carbonyl (C=O) groups is 2. The first-order valence-electron chi connectivity index (χ1n) is 6.50. The highest BCUT2D eigenvalue weighted by Gasteiger charge is 2.18. The zero-order valence-electron chi connectivity index (χ0n) is 11.4. The largest absolute Gasteiger partial charge is 0.480 e. The number of urea groups is 1. The number of nitrogens with one attached hydrogen (secondary N) is 1. The minimum Gasteiger partial charge on any atom is -0.480 e. The predicted octanol–water partition coefficient (Wildman–Crippen LogP) is 2.59. The van der Waals surface area contributed by atoms with Gasteiger partial charge in [0.1, 0.15) is 6.54 Å². The summed E-state index contributed by atoms with van der Waals surface area (Å²) in [5.41, 5.74) is 1.72. The molecule has 2 N–H and O–H groups in total. The Bertz CT molecular complexity index is 584. The van der Waals surface area contributed by atoms with Crippen LogP contribution in [0.4, 0.5) is 10.5 Å². The first kappa shape index (κ1) is 15.1. The number of aliphatic carboxylic acids is 1. The van der Waals surface area contributed by atoms with E-state index in [9.17, 15) is 9.59 Å². The van der Waals surface area contributed by atoms with Crippen LogP contribution in [0.1, 0.15) is 5.56 Å². The fourth-order valence-corrected chi connectivity index (χ4v) is 2.57. The Balaban J connectivity index is 1.96. The second-order valence-electron chi connectivity index (χ2n) is 4.43. The molecule has 6 heteroatoms. The molecule has 2 amide bonds. The number of carboxylic acid groups (broad SMARTS) is 1. The van der Waals surface area contributed by atoms with Crippen molar-refractivity contribution in [1.29, 1.82) is 0 Å². The molecule has 0 unspecified atom stereocenters. The lowest BCUT2D eigenvalue weighted by molar-refractivity contribution is -0.135. The quantitative estimate of drug-likeness (QED) is 0.862. The summed E-state index contributed by atoms with van der Waals surface area (Å²) < 4.78 is 0. The summed E-state index contributed by atoms with van der Waals surface area (Å²) in [5, 5.41) is 15.7. The van der Waals surface area contributed by atoms with Crippen molar-refractivity contribution in [1.82, 2.24) is 5.32 Å². The van der Waals surface area contributed by atoms with Gasteiger partial charge in [0, 0.05) is 12.2 Å². The SMILES string of the molecule is O=C(O)CN(C(=O)NCCc1ccsc1)c1ccccc1. The van der Waals surface area contributed by atoms with Gasteiger partial charge in [0.25, 0.3) is 0 Å². The lowest BCUT2D eigenvalue weighted by atomic mass is 10.2. The summed E-state index contributed by atoms with van der Waals surface area (Å²) in [6.45, 7) is 0.104. The molecule has 0 saturated carbocycles. The van der Waals surface area contributed by atoms with E-state index >= 15 is 0 Å². The highest BCUT2D eigenvalue weighted by Crippen LogP contribution is 2.13. The van der Waals surface area contributed by atoms with Crippen LogP contribution < -0.4 is 10.2 Å². The highest BCUT2D eigenvalue weighted by molar-refractivity contribution is 7.07. The van der Waals surface area contributed by atoms with Gasteiger partial charge in [0.2, 0.25) is 0 Å². The number of carbonyl (C=O) groups excluding carboxylic acids is 1. The molecule has 2 aromatic rings. The number of anilines is 1. The lowest BCUT2D eigenvalue weighted by Crippen LogP contribution is -2.43.